The maximum atomic E-state index is 10.8. The molecule has 0 atom stereocenters. The number of carboxylic acids is 1. The van der Waals surface area contributed by atoms with E-state index in [2.05, 4.69) is 4.72 Å². The Labute approximate surface area is 70.8 Å². The number of nitrogens with two attached hydrogens (primary N) is 1. The van der Waals surface area contributed by atoms with Gasteiger partial charge in [0.1, 0.15) is 0 Å². The molecule has 0 bridgehead atoms. The van der Waals surface area contributed by atoms with Crippen LogP contribution in [0.5, 0.6) is 0 Å². The lowest BCUT2D eigenvalue weighted by atomic mass is 10.5. The molecule has 4 N–H and O–H groups in total. The number of nitrogens with one attached hydrogen (secondary N) is 1. The van der Waals surface area contributed by atoms with E-state index in [1.807, 2.05) is 0 Å². The average Bonchev–Trinajstić information content (AvgIpc) is 1.85. The predicted octanol–water partition coefficient (Wildman–Crippen LogP) is -1.66. The van der Waals surface area contributed by atoms with Crippen LogP contribution < -0.4 is 10.5 Å². The fraction of sp³-hybridized carbons (Fsp3) is 0.800. The molecule has 0 aromatic rings. The van der Waals surface area contributed by atoms with Crippen molar-refractivity contribution in [3.8, 4) is 0 Å². The van der Waals surface area contributed by atoms with Crippen LogP contribution in [0.25, 0.3) is 0 Å². The van der Waals surface area contributed by atoms with Gasteiger partial charge in [0.2, 0.25) is 10.0 Å². The van der Waals surface area contributed by atoms with Gasteiger partial charge in [0, 0.05) is 13.1 Å². The average molecular weight is 196 g/mol. The third-order valence-corrected chi connectivity index (χ3v) is 2.46. The number of carbonyl (C=O) groups is 1. The molecule has 0 spiro atoms. The summed E-state index contributed by atoms with van der Waals surface area (Å²) >= 11 is 0. The third-order valence-electron chi connectivity index (χ3n) is 1.05. The Hall–Kier alpha value is -0.660. The maximum absolute atomic E-state index is 10.8. The zero-order chi connectivity index (χ0) is 9.61. The fourth-order valence-corrected chi connectivity index (χ4v) is 1.41. The Morgan fingerprint density at radius 3 is 2.50 bits per heavy atom. The first-order valence-corrected chi connectivity index (χ1v) is 5.02. The molecule has 0 saturated carbocycles. The van der Waals surface area contributed by atoms with Gasteiger partial charge >= 0.3 is 5.97 Å². The minimum absolute atomic E-state index is 0.0302. The number of rotatable bonds is 6. The lowest BCUT2D eigenvalue weighted by molar-refractivity contribution is -0.136. The fourth-order valence-electron chi connectivity index (χ4n) is 0.541. The minimum atomic E-state index is -3.37. The smallest absolute Gasteiger partial charge is 0.304 e. The van der Waals surface area contributed by atoms with E-state index in [0.29, 0.717) is 0 Å². The number of aliphatic carboxylic acids is 1. The lowest BCUT2D eigenvalue weighted by Crippen LogP contribution is -2.31. The molecule has 0 rings (SSSR count). The summed E-state index contributed by atoms with van der Waals surface area (Å²) in [5, 5.41) is 8.18. The van der Waals surface area contributed by atoms with Gasteiger partial charge in [0.25, 0.3) is 0 Å². The highest BCUT2D eigenvalue weighted by Crippen LogP contribution is 1.83. The van der Waals surface area contributed by atoms with Crippen LogP contribution in [0.2, 0.25) is 0 Å². The molecule has 0 aromatic heterocycles. The zero-order valence-electron chi connectivity index (χ0n) is 6.49. The standard InChI is InChI=1S/C5H12N2O4S/c6-2-4-12(10,11)7-3-1-5(8)9/h7H,1-4,6H2,(H,8,9). The Kier molecular flexibility index (Phi) is 4.79. The predicted molar refractivity (Wildman–Crippen MR) is 43.1 cm³/mol. The molecule has 72 valence electrons. The molecule has 0 aliphatic heterocycles. The van der Waals surface area contributed by atoms with Crippen LogP contribution in [0, 0.1) is 0 Å². The highest BCUT2D eigenvalue weighted by Gasteiger charge is 2.08. The highest BCUT2D eigenvalue weighted by molar-refractivity contribution is 7.89. The molecule has 12 heavy (non-hydrogen) atoms. The molecule has 0 radical (unpaired) electrons. The van der Waals surface area contributed by atoms with E-state index in [0.717, 1.165) is 0 Å². The molecule has 0 fully saturated rings. The topological polar surface area (TPSA) is 109 Å². The van der Waals surface area contributed by atoms with Gasteiger partial charge in [-0.1, -0.05) is 0 Å². The van der Waals surface area contributed by atoms with Crippen molar-refractivity contribution in [2.24, 2.45) is 5.73 Å². The van der Waals surface area contributed by atoms with Crippen LogP contribution in [0.1, 0.15) is 6.42 Å². The van der Waals surface area contributed by atoms with Gasteiger partial charge in [-0.15, -0.1) is 0 Å². The first kappa shape index (κ1) is 11.3. The minimum Gasteiger partial charge on any atom is -0.481 e. The van der Waals surface area contributed by atoms with Gasteiger partial charge in [-0.3, -0.25) is 4.79 Å². The van der Waals surface area contributed by atoms with Crippen molar-refractivity contribution < 1.29 is 18.3 Å². The molecular weight excluding hydrogens is 184 g/mol. The molecule has 0 aromatic carbocycles. The summed E-state index contributed by atoms with van der Waals surface area (Å²) < 4.78 is 23.8. The van der Waals surface area contributed by atoms with E-state index >= 15 is 0 Å². The second-order valence-corrected chi connectivity index (χ2v) is 4.07. The van der Waals surface area contributed by atoms with Crippen molar-refractivity contribution in [1.82, 2.24) is 4.72 Å². The van der Waals surface area contributed by atoms with Crippen molar-refractivity contribution in [3.63, 3.8) is 0 Å². The van der Waals surface area contributed by atoms with Crippen LogP contribution >= 0.6 is 0 Å². The highest BCUT2D eigenvalue weighted by atomic mass is 32.2. The number of hydrogen-bond acceptors (Lipinski definition) is 4. The van der Waals surface area contributed by atoms with Crippen molar-refractivity contribution in [1.29, 1.82) is 0 Å². The molecule has 0 amide bonds. The van der Waals surface area contributed by atoms with Gasteiger partial charge in [0.15, 0.2) is 0 Å². The Morgan fingerprint density at radius 1 is 1.50 bits per heavy atom. The largest absolute Gasteiger partial charge is 0.481 e. The SMILES string of the molecule is NCCS(=O)(=O)NCCC(=O)O. The first-order valence-electron chi connectivity index (χ1n) is 3.37. The van der Waals surface area contributed by atoms with Gasteiger partial charge in [-0.2, -0.15) is 0 Å². The number of sulfonamides is 1. The molecule has 0 saturated heterocycles. The monoisotopic (exact) mass is 196 g/mol. The first-order chi connectivity index (χ1) is 5.48. The molecule has 0 aliphatic carbocycles. The van der Waals surface area contributed by atoms with Gasteiger partial charge in [0.05, 0.1) is 12.2 Å². The van der Waals surface area contributed by atoms with Crippen LogP contribution in [0.3, 0.4) is 0 Å². The summed E-state index contributed by atoms with van der Waals surface area (Å²) in [5.41, 5.74) is 5.01. The molecule has 6 nitrogen and oxygen atoms in total. The van der Waals surface area contributed by atoms with Crippen molar-refractivity contribution in [2.45, 2.75) is 6.42 Å². The Balaban J connectivity index is 3.69. The summed E-state index contributed by atoms with van der Waals surface area (Å²) in [5.74, 6) is -1.21. The third kappa shape index (κ3) is 6.08. The van der Waals surface area contributed by atoms with Gasteiger partial charge < -0.3 is 10.8 Å². The molecular formula is C5H12N2O4S. The summed E-state index contributed by atoms with van der Waals surface area (Å²) in [7, 11) is -3.37. The molecule has 7 heteroatoms. The van der Waals surface area contributed by atoms with Crippen LogP contribution in [-0.4, -0.2) is 38.3 Å². The molecule has 0 unspecified atom stereocenters. The second-order valence-electron chi connectivity index (χ2n) is 2.15. The van der Waals surface area contributed by atoms with E-state index < -0.39 is 16.0 Å². The summed E-state index contributed by atoms with van der Waals surface area (Å²) in [6.07, 6.45) is -0.218. The van der Waals surface area contributed by atoms with E-state index in [-0.39, 0.29) is 25.3 Å². The van der Waals surface area contributed by atoms with Crippen molar-refractivity contribution in [3.05, 3.63) is 0 Å². The maximum Gasteiger partial charge on any atom is 0.304 e. The van der Waals surface area contributed by atoms with Gasteiger partial charge in [-0.25, -0.2) is 13.1 Å². The van der Waals surface area contributed by atoms with Crippen LogP contribution in [0.15, 0.2) is 0 Å². The molecule has 0 heterocycles. The van der Waals surface area contributed by atoms with E-state index in [4.69, 9.17) is 10.8 Å². The van der Waals surface area contributed by atoms with Crippen LogP contribution in [0.4, 0.5) is 0 Å². The van der Waals surface area contributed by atoms with Crippen molar-refractivity contribution >= 4 is 16.0 Å². The summed E-state index contributed by atoms with van der Waals surface area (Å²) in [4.78, 5) is 9.98. The van der Waals surface area contributed by atoms with E-state index in [9.17, 15) is 13.2 Å². The summed E-state index contributed by atoms with van der Waals surface area (Å²) in [6.45, 7) is -0.0555. The molecule has 0 aliphatic rings. The normalized spacial score (nSPS) is 11.4. The Bertz CT molecular complexity index is 236. The van der Waals surface area contributed by atoms with Gasteiger partial charge in [-0.05, 0) is 0 Å². The zero-order valence-corrected chi connectivity index (χ0v) is 7.30. The van der Waals surface area contributed by atoms with Crippen LogP contribution in [-0.2, 0) is 14.8 Å². The van der Waals surface area contributed by atoms with E-state index in [1.54, 1.807) is 0 Å². The van der Waals surface area contributed by atoms with Crippen molar-refractivity contribution in [2.75, 3.05) is 18.8 Å². The second kappa shape index (κ2) is 5.07. The lowest BCUT2D eigenvalue weighted by Gasteiger charge is -2.02. The Morgan fingerprint density at radius 2 is 2.08 bits per heavy atom. The number of carboxylic acid groups (broad SMARTS) is 1. The summed E-state index contributed by atoms with van der Waals surface area (Å²) in [6, 6.07) is 0. The quantitative estimate of drug-likeness (QED) is 0.471. The van der Waals surface area contributed by atoms with E-state index in [1.165, 1.54) is 0 Å². The number of hydrogen-bond donors (Lipinski definition) is 3.